The summed E-state index contributed by atoms with van der Waals surface area (Å²) < 4.78 is 5.62. The second-order valence-corrected chi connectivity index (χ2v) is 4.59. The van der Waals surface area contributed by atoms with Gasteiger partial charge in [-0.05, 0) is 19.1 Å². The average Bonchev–Trinajstić information content (AvgIpc) is 2.38. The molecule has 0 saturated heterocycles. The van der Waals surface area contributed by atoms with Crippen LogP contribution >= 0.6 is 11.6 Å². The summed E-state index contributed by atoms with van der Waals surface area (Å²) in [5.74, 6) is 0.848. The molecule has 104 valence electrons. The monoisotopic (exact) mass is 293 g/mol. The van der Waals surface area contributed by atoms with Crippen molar-refractivity contribution in [3.63, 3.8) is 0 Å². The molecule has 0 aliphatic heterocycles. The number of hydrogen-bond donors (Lipinski definition) is 1. The largest absolute Gasteiger partial charge is 0.457 e. The molecule has 0 aliphatic carbocycles. The number of aliphatic hydroxyl groups is 1. The number of nitro groups is 1. The third-order valence-corrected chi connectivity index (χ3v) is 3.02. The van der Waals surface area contributed by atoms with Gasteiger partial charge in [-0.15, -0.1) is 0 Å². The minimum absolute atomic E-state index is 0.00188. The van der Waals surface area contributed by atoms with E-state index in [1.807, 2.05) is 0 Å². The van der Waals surface area contributed by atoms with E-state index in [2.05, 4.69) is 0 Å². The van der Waals surface area contributed by atoms with Crippen molar-refractivity contribution in [2.75, 3.05) is 0 Å². The molecule has 1 atom stereocenters. The quantitative estimate of drug-likeness (QED) is 0.680. The molecule has 0 fully saturated rings. The van der Waals surface area contributed by atoms with Gasteiger partial charge in [0.15, 0.2) is 0 Å². The average molecular weight is 294 g/mol. The van der Waals surface area contributed by atoms with Crippen LogP contribution in [0.4, 0.5) is 5.69 Å². The van der Waals surface area contributed by atoms with Gasteiger partial charge in [0.05, 0.1) is 11.0 Å². The van der Waals surface area contributed by atoms with Gasteiger partial charge >= 0.3 is 0 Å². The summed E-state index contributed by atoms with van der Waals surface area (Å²) in [7, 11) is 0. The Morgan fingerprint density at radius 3 is 2.60 bits per heavy atom. The van der Waals surface area contributed by atoms with Gasteiger partial charge in [0, 0.05) is 17.7 Å². The fourth-order valence-electron chi connectivity index (χ4n) is 1.74. The first-order valence-electron chi connectivity index (χ1n) is 5.88. The summed E-state index contributed by atoms with van der Waals surface area (Å²) in [6.45, 7) is 1.63. The van der Waals surface area contributed by atoms with E-state index >= 15 is 0 Å². The zero-order valence-electron chi connectivity index (χ0n) is 10.6. The van der Waals surface area contributed by atoms with Crippen LogP contribution in [-0.4, -0.2) is 10.0 Å². The number of benzene rings is 2. The second-order valence-electron chi connectivity index (χ2n) is 4.19. The number of aliphatic hydroxyl groups excluding tert-OH is 1. The van der Waals surface area contributed by atoms with Crippen molar-refractivity contribution in [3.8, 4) is 11.5 Å². The lowest BCUT2D eigenvalue weighted by atomic mass is 10.1. The molecule has 0 aliphatic rings. The second kappa shape index (κ2) is 5.90. The van der Waals surface area contributed by atoms with Crippen LogP contribution in [0.5, 0.6) is 11.5 Å². The summed E-state index contributed by atoms with van der Waals surface area (Å²) in [5.41, 5.74) is 0.449. The highest BCUT2D eigenvalue weighted by Crippen LogP contribution is 2.33. The minimum Gasteiger partial charge on any atom is -0.457 e. The summed E-state index contributed by atoms with van der Waals surface area (Å²) >= 11 is 5.82. The molecule has 0 amide bonds. The maximum Gasteiger partial charge on any atom is 0.288 e. The van der Waals surface area contributed by atoms with Crippen LogP contribution < -0.4 is 4.74 Å². The maximum atomic E-state index is 10.7. The molecule has 1 unspecified atom stereocenters. The van der Waals surface area contributed by atoms with E-state index in [9.17, 15) is 15.2 Å². The Labute approximate surface area is 120 Å². The van der Waals surface area contributed by atoms with Crippen molar-refractivity contribution in [2.45, 2.75) is 13.0 Å². The molecule has 5 nitrogen and oxygen atoms in total. The topological polar surface area (TPSA) is 72.6 Å². The van der Waals surface area contributed by atoms with Crippen LogP contribution in [0.1, 0.15) is 18.6 Å². The number of para-hydroxylation sites is 1. The molecule has 2 rings (SSSR count). The molecule has 0 spiro atoms. The zero-order valence-corrected chi connectivity index (χ0v) is 11.4. The van der Waals surface area contributed by atoms with E-state index in [0.29, 0.717) is 17.1 Å². The Kier molecular flexibility index (Phi) is 4.22. The van der Waals surface area contributed by atoms with Gasteiger partial charge in [0.2, 0.25) is 0 Å². The van der Waals surface area contributed by atoms with Crippen molar-refractivity contribution in [1.82, 2.24) is 0 Å². The maximum absolute atomic E-state index is 10.7. The lowest BCUT2D eigenvalue weighted by Gasteiger charge is -2.13. The van der Waals surface area contributed by atoms with Crippen LogP contribution in [0.3, 0.4) is 0 Å². The first-order valence-corrected chi connectivity index (χ1v) is 6.25. The van der Waals surface area contributed by atoms with Crippen molar-refractivity contribution < 1.29 is 14.8 Å². The standard InChI is InChI=1S/C14H12ClNO4/c1-9(17)11-4-2-3-5-14(11)20-10-6-7-13(16(18)19)12(15)8-10/h2-9,17H,1H3. The predicted octanol–water partition coefficient (Wildman–Crippen LogP) is 4.09. The molecular formula is C14H12ClNO4. The smallest absolute Gasteiger partial charge is 0.288 e. The summed E-state index contributed by atoms with van der Waals surface area (Å²) in [5, 5.41) is 20.3. The van der Waals surface area contributed by atoms with Gasteiger partial charge < -0.3 is 9.84 Å². The van der Waals surface area contributed by atoms with Gasteiger partial charge in [-0.25, -0.2) is 0 Å². The first kappa shape index (κ1) is 14.3. The summed E-state index contributed by atoms with van der Waals surface area (Å²) in [4.78, 5) is 10.1. The molecule has 2 aromatic carbocycles. The van der Waals surface area contributed by atoms with E-state index in [1.54, 1.807) is 31.2 Å². The first-order chi connectivity index (χ1) is 9.49. The molecule has 6 heteroatoms. The zero-order chi connectivity index (χ0) is 14.7. The molecule has 0 bridgehead atoms. The normalized spacial score (nSPS) is 11.9. The predicted molar refractivity (Wildman–Crippen MR) is 75.3 cm³/mol. The molecule has 0 heterocycles. The SMILES string of the molecule is CC(O)c1ccccc1Oc1ccc([N+](=O)[O-])c(Cl)c1. The Morgan fingerprint density at radius 2 is 2.00 bits per heavy atom. The highest BCUT2D eigenvalue weighted by Gasteiger charge is 2.14. The van der Waals surface area contributed by atoms with E-state index in [4.69, 9.17) is 16.3 Å². The fourth-order valence-corrected chi connectivity index (χ4v) is 1.98. The van der Waals surface area contributed by atoms with Gasteiger partial charge in [-0.3, -0.25) is 10.1 Å². The van der Waals surface area contributed by atoms with Crippen LogP contribution in [0.25, 0.3) is 0 Å². The molecule has 0 saturated carbocycles. The van der Waals surface area contributed by atoms with E-state index < -0.39 is 11.0 Å². The molecule has 1 N–H and O–H groups in total. The number of rotatable bonds is 4. The molecule has 20 heavy (non-hydrogen) atoms. The number of nitrogens with zero attached hydrogens (tertiary/aromatic N) is 1. The van der Waals surface area contributed by atoms with Crippen LogP contribution in [0, 0.1) is 10.1 Å². The lowest BCUT2D eigenvalue weighted by Crippen LogP contribution is -1.96. The van der Waals surface area contributed by atoms with Crippen molar-refractivity contribution in [2.24, 2.45) is 0 Å². The number of halogens is 1. The molecular weight excluding hydrogens is 282 g/mol. The molecule has 0 radical (unpaired) electrons. The van der Waals surface area contributed by atoms with Crippen molar-refractivity contribution in [3.05, 3.63) is 63.2 Å². The van der Waals surface area contributed by atoms with E-state index in [0.717, 1.165) is 0 Å². The third-order valence-electron chi connectivity index (χ3n) is 2.71. The Morgan fingerprint density at radius 1 is 1.30 bits per heavy atom. The van der Waals surface area contributed by atoms with Gasteiger partial charge in [0.1, 0.15) is 16.5 Å². The third kappa shape index (κ3) is 3.07. The Bertz CT molecular complexity index is 643. The minimum atomic E-state index is -0.681. The molecule has 0 aromatic heterocycles. The number of ether oxygens (including phenoxy) is 1. The van der Waals surface area contributed by atoms with Gasteiger partial charge in [-0.2, -0.15) is 0 Å². The summed E-state index contributed by atoms with van der Waals surface area (Å²) in [6, 6.07) is 11.1. The summed E-state index contributed by atoms with van der Waals surface area (Å²) in [6.07, 6.45) is -0.681. The van der Waals surface area contributed by atoms with Crippen LogP contribution in [0.15, 0.2) is 42.5 Å². The lowest BCUT2D eigenvalue weighted by molar-refractivity contribution is -0.384. The van der Waals surface area contributed by atoms with Gasteiger partial charge in [0.25, 0.3) is 5.69 Å². The highest BCUT2D eigenvalue weighted by molar-refractivity contribution is 6.32. The van der Waals surface area contributed by atoms with E-state index in [1.165, 1.54) is 18.2 Å². The Balaban J connectivity index is 2.31. The highest BCUT2D eigenvalue weighted by atomic mass is 35.5. The van der Waals surface area contributed by atoms with E-state index in [-0.39, 0.29) is 10.7 Å². The van der Waals surface area contributed by atoms with Crippen molar-refractivity contribution >= 4 is 17.3 Å². The fraction of sp³-hybridized carbons (Fsp3) is 0.143. The van der Waals surface area contributed by atoms with Crippen LogP contribution in [-0.2, 0) is 0 Å². The number of hydrogen-bond acceptors (Lipinski definition) is 4. The molecule has 2 aromatic rings. The number of nitro benzene ring substituents is 1. The van der Waals surface area contributed by atoms with Crippen LogP contribution in [0.2, 0.25) is 5.02 Å². The van der Waals surface area contributed by atoms with Gasteiger partial charge in [-0.1, -0.05) is 29.8 Å². The van der Waals surface area contributed by atoms with Crippen molar-refractivity contribution in [1.29, 1.82) is 0 Å². The Hall–Kier alpha value is -2.11.